The molecule has 2 aliphatic rings. The lowest BCUT2D eigenvalue weighted by molar-refractivity contribution is -0.114. The van der Waals surface area contributed by atoms with Gasteiger partial charge >= 0.3 is 0 Å². The van der Waals surface area contributed by atoms with Gasteiger partial charge in [-0.05, 0) is 42.5 Å². The predicted octanol–water partition coefficient (Wildman–Crippen LogP) is 3.69. The van der Waals surface area contributed by atoms with Crippen molar-refractivity contribution in [3.8, 4) is 0 Å². The van der Waals surface area contributed by atoms with Crippen molar-refractivity contribution in [2.45, 2.75) is 64.3 Å². The Labute approximate surface area is 106 Å². The number of hydrogen-bond donors (Lipinski definition) is 0. The van der Waals surface area contributed by atoms with E-state index in [-0.39, 0.29) is 11.1 Å². The SMILES string of the molecule is CC(C)(C)[Si](C)(C)O[C@H]1C=C2C(=O)CCC2C1. The number of Topliss-reactive ketones (excluding diaryl/α,β-unsaturated/α-hetero) is 1. The summed E-state index contributed by atoms with van der Waals surface area (Å²) in [6.07, 6.45) is 5.14. The zero-order valence-electron chi connectivity index (χ0n) is 11.7. The van der Waals surface area contributed by atoms with Crippen molar-refractivity contribution in [3.63, 3.8) is 0 Å². The van der Waals surface area contributed by atoms with Crippen LogP contribution >= 0.6 is 0 Å². The van der Waals surface area contributed by atoms with Crippen LogP contribution in [0.4, 0.5) is 0 Å². The molecule has 0 amide bonds. The highest BCUT2D eigenvalue weighted by molar-refractivity contribution is 6.74. The van der Waals surface area contributed by atoms with E-state index in [4.69, 9.17) is 4.43 Å². The molecule has 2 aliphatic carbocycles. The number of allylic oxidation sites excluding steroid dienone is 1. The van der Waals surface area contributed by atoms with Crippen LogP contribution in [0.25, 0.3) is 0 Å². The van der Waals surface area contributed by atoms with Crippen LogP contribution in [0, 0.1) is 5.92 Å². The summed E-state index contributed by atoms with van der Waals surface area (Å²) in [4.78, 5) is 11.7. The molecule has 0 radical (unpaired) electrons. The molecule has 0 N–H and O–H groups in total. The van der Waals surface area contributed by atoms with Gasteiger partial charge in [0.25, 0.3) is 0 Å². The highest BCUT2D eigenvalue weighted by Gasteiger charge is 2.42. The molecule has 1 saturated carbocycles. The Morgan fingerprint density at radius 1 is 1.35 bits per heavy atom. The highest BCUT2D eigenvalue weighted by atomic mass is 28.4. The molecule has 0 aliphatic heterocycles. The van der Waals surface area contributed by atoms with Crippen molar-refractivity contribution < 1.29 is 9.22 Å². The number of ketones is 1. The van der Waals surface area contributed by atoms with Gasteiger partial charge < -0.3 is 4.43 Å². The molecule has 0 heterocycles. The van der Waals surface area contributed by atoms with E-state index in [0.717, 1.165) is 24.8 Å². The first-order valence-electron chi connectivity index (χ1n) is 6.63. The number of carbonyl (C=O) groups is 1. The van der Waals surface area contributed by atoms with Crippen LogP contribution in [-0.2, 0) is 9.22 Å². The third-order valence-electron chi connectivity index (χ3n) is 4.62. The first-order chi connectivity index (χ1) is 7.71. The molecular weight excluding hydrogens is 228 g/mol. The highest BCUT2D eigenvalue weighted by Crippen LogP contribution is 2.43. The van der Waals surface area contributed by atoms with Crippen LogP contribution in [0.2, 0.25) is 18.1 Å². The second-order valence-corrected chi connectivity index (χ2v) is 11.7. The molecule has 17 heavy (non-hydrogen) atoms. The summed E-state index contributed by atoms with van der Waals surface area (Å²) in [5.74, 6) is 0.855. The molecule has 2 atom stereocenters. The third-order valence-corrected chi connectivity index (χ3v) is 9.12. The van der Waals surface area contributed by atoms with Gasteiger partial charge in [-0.3, -0.25) is 4.79 Å². The average molecular weight is 252 g/mol. The first-order valence-corrected chi connectivity index (χ1v) is 9.54. The maximum Gasteiger partial charge on any atom is 0.192 e. The lowest BCUT2D eigenvalue weighted by atomic mass is 10.1. The number of carbonyl (C=O) groups excluding carboxylic acids is 1. The fraction of sp³-hybridized carbons (Fsp3) is 0.786. The summed E-state index contributed by atoms with van der Waals surface area (Å²) in [6.45, 7) is 11.3. The monoisotopic (exact) mass is 252 g/mol. The van der Waals surface area contributed by atoms with Gasteiger partial charge in [0.2, 0.25) is 0 Å². The van der Waals surface area contributed by atoms with Gasteiger partial charge in [0.05, 0.1) is 6.10 Å². The van der Waals surface area contributed by atoms with E-state index in [1.807, 2.05) is 0 Å². The summed E-state index contributed by atoms with van der Waals surface area (Å²) >= 11 is 0. The molecule has 2 nitrogen and oxygen atoms in total. The largest absolute Gasteiger partial charge is 0.411 e. The minimum Gasteiger partial charge on any atom is -0.411 e. The van der Waals surface area contributed by atoms with Crippen LogP contribution in [0.5, 0.6) is 0 Å². The van der Waals surface area contributed by atoms with Gasteiger partial charge in [-0.25, -0.2) is 0 Å². The lowest BCUT2D eigenvalue weighted by Gasteiger charge is -2.38. The maximum absolute atomic E-state index is 11.7. The number of fused-ring (bicyclic) bond motifs is 1. The topological polar surface area (TPSA) is 26.3 Å². The van der Waals surface area contributed by atoms with Crippen molar-refractivity contribution in [1.29, 1.82) is 0 Å². The Morgan fingerprint density at radius 2 is 2.00 bits per heavy atom. The Kier molecular flexibility index (Phi) is 3.11. The van der Waals surface area contributed by atoms with E-state index in [2.05, 4.69) is 39.9 Å². The smallest absolute Gasteiger partial charge is 0.192 e. The standard InChI is InChI=1S/C14H24O2Si/c1-14(2,3)17(4,5)16-11-8-10-6-7-13(15)12(10)9-11/h9-11H,6-8H2,1-5H3/t10?,11-/m1/s1. The second kappa shape index (κ2) is 4.06. The van der Waals surface area contributed by atoms with E-state index in [1.165, 1.54) is 0 Å². The molecule has 0 bridgehead atoms. The van der Waals surface area contributed by atoms with Crippen LogP contribution < -0.4 is 0 Å². The summed E-state index contributed by atoms with van der Waals surface area (Å²) < 4.78 is 6.36. The summed E-state index contributed by atoms with van der Waals surface area (Å²) in [5.41, 5.74) is 1.06. The van der Waals surface area contributed by atoms with Crippen molar-refractivity contribution in [1.82, 2.24) is 0 Å². The van der Waals surface area contributed by atoms with Gasteiger partial charge in [0, 0.05) is 6.42 Å². The maximum atomic E-state index is 11.7. The minimum absolute atomic E-state index is 0.195. The zero-order chi connectivity index (χ0) is 12.8. The van der Waals surface area contributed by atoms with Gasteiger partial charge in [0.1, 0.15) is 0 Å². The fourth-order valence-electron chi connectivity index (χ4n) is 2.49. The van der Waals surface area contributed by atoms with Crippen LogP contribution in [0.1, 0.15) is 40.0 Å². The van der Waals surface area contributed by atoms with Gasteiger partial charge in [-0.15, -0.1) is 0 Å². The Hall–Kier alpha value is -0.413. The lowest BCUT2D eigenvalue weighted by Crippen LogP contribution is -2.43. The molecule has 0 spiro atoms. The van der Waals surface area contributed by atoms with Crippen molar-refractivity contribution in [2.75, 3.05) is 0 Å². The van der Waals surface area contributed by atoms with Crippen LogP contribution in [0.15, 0.2) is 11.6 Å². The van der Waals surface area contributed by atoms with E-state index < -0.39 is 8.32 Å². The molecule has 3 heteroatoms. The first kappa shape index (κ1) is 13.0. The predicted molar refractivity (Wildman–Crippen MR) is 72.5 cm³/mol. The summed E-state index contributed by atoms with van der Waals surface area (Å²) in [5, 5.41) is 0.243. The zero-order valence-corrected chi connectivity index (χ0v) is 12.7. The van der Waals surface area contributed by atoms with Crippen molar-refractivity contribution in [2.24, 2.45) is 5.92 Å². The Bertz CT molecular complexity index is 363. The van der Waals surface area contributed by atoms with Crippen molar-refractivity contribution >= 4 is 14.1 Å². The molecule has 96 valence electrons. The Balaban J connectivity index is 2.06. The molecule has 0 aromatic carbocycles. The van der Waals surface area contributed by atoms with Crippen LogP contribution in [0.3, 0.4) is 0 Å². The molecule has 0 aromatic heterocycles. The minimum atomic E-state index is -1.70. The molecule has 0 aromatic rings. The van der Waals surface area contributed by atoms with E-state index >= 15 is 0 Å². The van der Waals surface area contributed by atoms with Gasteiger partial charge in [0.15, 0.2) is 14.1 Å². The van der Waals surface area contributed by atoms with E-state index in [0.29, 0.717) is 11.7 Å². The normalized spacial score (nSPS) is 29.5. The fourth-order valence-corrected chi connectivity index (χ4v) is 3.77. The Morgan fingerprint density at radius 3 is 2.53 bits per heavy atom. The van der Waals surface area contributed by atoms with Crippen LogP contribution in [-0.4, -0.2) is 20.2 Å². The van der Waals surface area contributed by atoms with E-state index in [1.54, 1.807) is 0 Å². The van der Waals surface area contributed by atoms with Gasteiger partial charge in [-0.2, -0.15) is 0 Å². The third kappa shape index (κ3) is 2.41. The average Bonchev–Trinajstić information content (AvgIpc) is 2.66. The molecule has 2 rings (SSSR count). The quantitative estimate of drug-likeness (QED) is 0.701. The van der Waals surface area contributed by atoms with Crippen molar-refractivity contribution in [3.05, 3.63) is 11.6 Å². The summed E-state index contributed by atoms with van der Waals surface area (Å²) in [7, 11) is -1.70. The van der Waals surface area contributed by atoms with Gasteiger partial charge in [-0.1, -0.05) is 26.8 Å². The molecule has 1 fully saturated rings. The second-order valence-electron chi connectivity index (χ2n) is 6.93. The van der Waals surface area contributed by atoms with E-state index in [9.17, 15) is 4.79 Å². The summed E-state index contributed by atoms with van der Waals surface area (Å²) in [6, 6.07) is 0. The number of hydrogen-bond acceptors (Lipinski definition) is 2. The molecular formula is C14H24O2Si. The molecule has 0 saturated heterocycles. The molecule has 1 unspecified atom stereocenters. The number of rotatable bonds is 2.